The number of carbonyl (C=O) groups excluding carboxylic acids is 3. The largest absolute Gasteiger partial charge is 0.454 e. The molecule has 2 N–H and O–H groups in total. The van der Waals surface area contributed by atoms with Gasteiger partial charge in [0.15, 0.2) is 6.10 Å². The maximum atomic E-state index is 12.0. The van der Waals surface area contributed by atoms with Crippen LogP contribution in [0.4, 0.5) is 0 Å². The molecule has 1 atom stereocenters. The average molecular weight is 278 g/mol. The number of ether oxygens (including phenoxy) is 1. The summed E-state index contributed by atoms with van der Waals surface area (Å²) in [5.41, 5.74) is 6.60. The van der Waals surface area contributed by atoms with Gasteiger partial charge in [0.2, 0.25) is 12.2 Å². The number of esters is 1. The molecule has 0 aliphatic heterocycles. The van der Waals surface area contributed by atoms with Gasteiger partial charge in [-0.25, -0.2) is 5.43 Å². The summed E-state index contributed by atoms with van der Waals surface area (Å²) >= 11 is 0. The third kappa shape index (κ3) is 5.19. The van der Waals surface area contributed by atoms with E-state index in [1.165, 1.54) is 6.92 Å². The molecule has 1 rings (SSSR count). The van der Waals surface area contributed by atoms with Gasteiger partial charge < -0.3 is 4.74 Å². The first-order valence-electron chi connectivity index (χ1n) is 6.27. The Hall–Kier alpha value is -2.21. The Morgan fingerprint density at radius 2 is 1.95 bits per heavy atom. The second kappa shape index (κ2) is 8.06. The fraction of sp³-hybridized carbons (Fsp3) is 0.357. The fourth-order valence-corrected chi connectivity index (χ4v) is 1.69. The van der Waals surface area contributed by atoms with E-state index in [1.54, 1.807) is 19.1 Å². The van der Waals surface area contributed by atoms with Crippen LogP contribution in [0.15, 0.2) is 24.3 Å². The summed E-state index contributed by atoms with van der Waals surface area (Å²) in [6.45, 7) is 3.41. The highest BCUT2D eigenvalue weighted by Crippen LogP contribution is 2.09. The Kier molecular flexibility index (Phi) is 6.39. The van der Waals surface area contributed by atoms with Crippen LogP contribution < -0.4 is 10.9 Å². The molecule has 20 heavy (non-hydrogen) atoms. The summed E-state index contributed by atoms with van der Waals surface area (Å²) in [4.78, 5) is 32.8. The maximum Gasteiger partial charge on any atom is 0.303 e. The Bertz CT molecular complexity index is 471. The van der Waals surface area contributed by atoms with Crippen molar-refractivity contribution in [2.45, 2.75) is 26.4 Å². The van der Waals surface area contributed by atoms with Gasteiger partial charge in [0.05, 0.1) is 0 Å². The summed E-state index contributed by atoms with van der Waals surface area (Å²) in [7, 11) is 0. The van der Waals surface area contributed by atoms with Gasteiger partial charge in [-0.05, 0) is 18.9 Å². The molecule has 0 saturated heterocycles. The lowest BCUT2D eigenvalue weighted by Gasteiger charge is -2.11. The monoisotopic (exact) mass is 278 g/mol. The molecule has 0 radical (unpaired) electrons. The molecule has 0 saturated carbocycles. The van der Waals surface area contributed by atoms with Gasteiger partial charge in [0, 0.05) is 19.0 Å². The summed E-state index contributed by atoms with van der Waals surface area (Å²) < 4.78 is 4.85. The van der Waals surface area contributed by atoms with Crippen molar-refractivity contribution in [3.63, 3.8) is 0 Å². The van der Waals surface area contributed by atoms with Crippen molar-refractivity contribution in [2.75, 3.05) is 6.54 Å². The molecule has 6 heteroatoms. The minimum atomic E-state index is -0.781. The number of rotatable bonds is 8. The molecule has 0 fully saturated rings. The van der Waals surface area contributed by atoms with Crippen molar-refractivity contribution in [3.8, 4) is 0 Å². The van der Waals surface area contributed by atoms with Crippen LogP contribution in [0.5, 0.6) is 0 Å². The fourth-order valence-electron chi connectivity index (χ4n) is 1.69. The standard InChI is InChI=1S/C14H18N2O4/c1-10(20-11(2)18)14(19)13-5-3-12(4-6-13)7-8-15-16-9-17/h3-6,9-10,15H,7-8H2,1-2H3,(H,16,17). The lowest BCUT2D eigenvalue weighted by atomic mass is 10.0. The van der Waals surface area contributed by atoms with Crippen LogP contribution in [0.3, 0.4) is 0 Å². The molecule has 108 valence electrons. The predicted octanol–water partition coefficient (Wildman–Crippen LogP) is 0.614. The SMILES string of the molecule is CC(=O)OC(C)C(=O)c1ccc(CCNNC=O)cc1. The molecule has 1 aromatic rings. The second-order valence-electron chi connectivity index (χ2n) is 4.25. The van der Waals surface area contributed by atoms with Crippen LogP contribution >= 0.6 is 0 Å². The first-order chi connectivity index (χ1) is 9.54. The molecule has 0 aliphatic carbocycles. The van der Waals surface area contributed by atoms with Crippen molar-refractivity contribution >= 4 is 18.2 Å². The van der Waals surface area contributed by atoms with Crippen LogP contribution in [0.25, 0.3) is 0 Å². The van der Waals surface area contributed by atoms with Gasteiger partial charge >= 0.3 is 5.97 Å². The smallest absolute Gasteiger partial charge is 0.303 e. The van der Waals surface area contributed by atoms with E-state index < -0.39 is 12.1 Å². The van der Waals surface area contributed by atoms with Crippen LogP contribution in [0, 0.1) is 0 Å². The van der Waals surface area contributed by atoms with E-state index in [4.69, 9.17) is 4.74 Å². The molecule has 0 aromatic heterocycles. The van der Waals surface area contributed by atoms with Gasteiger partial charge in [-0.1, -0.05) is 24.3 Å². The number of Topliss-reactive ketones (excluding diaryl/α,β-unsaturated/α-hetero) is 1. The van der Waals surface area contributed by atoms with Crippen LogP contribution in [0.1, 0.15) is 29.8 Å². The number of nitrogens with one attached hydrogen (secondary N) is 2. The molecule has 0 bridgehead atoms. The number of hydrogen-bond donors (Lipinski definition) is 2. The Labute approximate surface area is 117 Å². The molecule has 0 aliphatic rings. The summed E-state index contributed by atoms with van der Waals surface area (Å²) in [6, 6.07) is 7.06. The van der Waals surface area contributed by atoms with Crippen molar-refractivity contribution in [1.82, 2.24) is 10.9 Å². The zero-order chi connectivity index (χ0) is 15.0. The molecular weight excluding hydrogens is 260 g/mol. The summed E-state index contributed by atoms with van der Waals surface area (Å²) in [5.74, 6) is -0.705. The maximum absolute atomic E-state index is 12.0. The average Bonchev–Trinajstić information content (AvgIpc) is 2.43. The van der Waals surface area contributed by atoms with Gasteiger partial charge in [0.25, 0.3) is 0 Å². The molecule has 1 unspecified atom stereocenters. The number of hydrogen-bond acceptors (Lipinski definition) is 5. The number of ketones is 1. The van der Waals surface area contributed by atoms with E-state index in [0.29, 0.717) is 18.5 Å². The quantitative estimate of drug-likeness (QED) is 0.239. The first-order valence-corrected chi connectivity index (χ1v) is 6.27. The normalized spacial score (nSPS) is 11.5. The minimum absolute atomic E-state index is 0.229. The van der Waals surface area contributed by atoms with E-state index in [0.717, 1.165) is 12.0 Å². The summed E-state index contributed by atoms with van der Waals surface area (Å²) in [6.07, 6.45) is 0.504. The van der Waals surface area contributed by atoms with Crippen molar-refractivity contribution in [2.24, 2.45) is 0 Å². The van der Waals surface area contributed by atoms with Gasteiger partial charge in [0.1, 0.15) is 0 Å². The van der Waals surface area contributed by atoms with Gasteiger partial charge in [-0.15, -0.1) is 0 Å². The highest BCUT2D eigenvalue weighted by atomic mass is 16.5. The number of hydrazine groups is 1. The van der Waals surface area contributed by atoms with Crippen molar-refractivity contribution < 1.29 is 19.1 Å². The third-order valence-electron chi connectivity index (χ3n) is 2.65. The second-order valence-corrected chi connectivity index (χ2v) is 4.25. The van der Waals surface area contributed by atoms with E-state index >= 15 is 0 Å². The van der Waals surface area contributed by atoms with Crippen LogP contribution in [-0.4, -0.2) is 30.8 Å². The lowest BCUT2D eigenvalue weighted by Crippen LogP contribution is -2.31. The highest BCUT2D eigenvalue weighted by Gasteiger charge is 2.17. The van der Waals surface area contributed by atoms with E-state index in [2.05, 4.69) is 10.9 Å². The lowest BCUT2D eigenvalue weighted by molar-refractivity contribution is -0.143. The van der Waals surface area contributed by atoms with E-state index in [1.807, 2.05) is 12.1 Å². The van der Waals surface area contributed by atoms with Crippen molar-refractivity contribution in [1.29, 1.82) is 0 Å². The van der Waals surface area contributed by atoms with E-state index in [9.17, 15) is 14.4 Å². The zero-order valence-corrected chi connectivity index (χ0v) is 11.5. The molecule has 6 nitrogen and oxygen atoms in total. The van der Waals surface area contributed by atoms with Crippen LogP contribution in [0.2, 0.25) is 0 Å². The Morgan fingerprint density at radius 3 is 2.50 bits per heavy atom. The van der Waals surface area contributed by atoms with Gasteiger partial charge in [-0.2, -0.15) is 0 Å². The number of carbonyl (C=O) groups is 3. The molecule has 1 aromatic carbocycles. The summed E-state index contributed by atoms with van der Waals surface area (Å²) in [5, 5.41) is 0. The minimum Gasteiger partial charge on any atom is -0.454 e. The van der Waals surface area contributed by atoms with Crippen LogP contribution in [-0.2, 0) is 20.7 Å². The first kappa shape index (κ1) is 15.8. The topological polar surface area (TPSA) is 84.5 Å². The number of benzene rings is 1. The molecule has 0 spiro atoms. The molecule has 0 heterocycles. The number of amides is 1. The van der Waals surface area contributed by atoms with Gasteiger partial charge in [-0.3, -0.25) is 19.8 Å². The zero-order valence-electron chi connectivity index (χ0n) is 11.5. The molecular formula is C14H18N2O4. The van der Waals surface area contributed by atoms with E-state index in [-0.39, 0.29) is 5.78 Å². The molecule has 1 amide bonds. The Morgan fingerprint density at radius 1 is 1.30 bits per heavy atom. The third-order valence-corrected chi connectivity index (χ3v) is 2.65. The predicted molar refractivity (Wildman–Crippen MR) is 72.9 cm³/mol. The van der Waals surface area contributed by atoms with Crippen molar-refractivity contribution in [3.05, 3.63) is 35.4 Å². The highest BCUT2D eigenvalue weighted by molar-refractivity contribution is 6.00. The Balaban J connectivity index is 2.54.